The first-order chi connectivity index (χ1) is 14.3. The van der Waals surface area contributed by atoms with Gasteiger partial charge in [-0.2, -0.15) is 0 Å². The van der Waals surface area contributed by atoms with Crippen LogP contribution >= 0.6 is 0 Å². The van der Waals surface area contributed by atoms with Crippen LogP contribution in [0.3, 0.4) is 0 Å². The standard InChI is InChI=1S/C27H30N3/c1-17(2)11-21-7-9-25(28-15-21)22-8-10-26-24(14-22)27(30(6)16-29-26)23-13-18(3)12-19(4)20(23)5/h7-10,12-17H,11H2,1-6H3/q+1. The van der Waals surface area contributed by atoms with Crippen molar-refractivity contribution in [1.82, 2.24) is 9.97 Å². The minimum absolute atomic E-state index is 0.632. The summed E-state index contributed by atoms with van der Waals surface area (Å²) in [4.78, 5) is 9.42. The minimum atomic E-state index is 0.632. The predicted molar refractivity (Wildman–Crippen MR) is 124 cm³/mol. The lowest BCUT2D eigenvalue weighted by molar-refractivity contribution is -0.662. The Hall–Kier alpha value is -3.07. The summed E-state index contributed by atoms with van der Waals surface area (Å²) in [6.45, 7) is 11.0. The van der Waals surface area contributed by atoms with Gasteiger partial charge in [-0.05, 0) is 85.1 Å². The molecule has 0 saturated carbocycles. The van der Waals surface area contributed by atoms with Gasteiger partial charge in [-0.3, -0.25) is 4.98 Å². The van der Waals surface area contributed by atoms with Crippen molar-refractivity contribution in [3.63, 3.8) is 0 Å². The summed E-state index contributed by atoms with van der Waals surface area (Å²) >= 11 is 0. The second-order valence-electron chi connectivity index (χ2n) is 8.84. The fourth-order valence-electron chi connectivity index (χ4n) is 4.20. The van der Waals surface area contributed by atoms with Crippen LogP contribution in [0, 0.1) is 26.7 Å². The Kier molecular flexibility index (Phi) is 5.38. The van der Waals surface area contributed by atoms with Crippen LogP contribution in [0.2, 0.25) is 0 Å². The zero-order valence-electron chi connectivity index (χ0n) is 18.8. The van der Waals surface area contributed by atoms with Crippen molar-refractivity contribution in [2.24, 2.45) is 13.0 Å². The summed E-state index contributed by atoms with van der Waals surface area (Å²) in [6, 6.07) is 15.3. The van der Waals surface area contributed by atoms with Gasteiger partial charge >= 0.3 is 0 Å². The SMILES string of the molecule is Cc1cc(C)c(C)c(-c2c3cc(-c4ccc(CC(C)C)cn4)ccc3nc[n+]2C)c1. The van der Waals surface area contributed by atoms with Crippen LogP contribution < -0.4 is 4.57 Å². The van der Waals surface area contributed by atoms with E-state index in [1.165, 1.54) is 33.5 Å². The first kappa shape index (κ1) is 20.2. The maximum absolute atomic E-state index is 4.75. The molecule has 0 unspecified atom stereocenters. The van der Waals surface area contributed by atoms with Crippen LogP contribution in [-0.2, 0) is 13.5 Å². The number of aryl methyl sites for hydroxylation is 3. The maximum Gasteiger partial charge on any atom is 0.287 e. The average molecular weight is 397 g/mol. The highest BCUT2D eigenvalue weighted by molar-refractivity contribution is 5.94. The highest BCUT2D eigenvalue weighted by Crippen LogP contribution is 2.32. The van der Waals surface area contributed by atoms with Crippen molar-refractivity contribution in [2.75, 3.05) is 0 Å². The predicted octanol–water partition coefficient (Wildman–Crippen LogP) is 5.91. The molecule has 3 nitrogen and oxygen atoms in total. The number of aromatic nitrogens is 3. The highest BCUT2D eigenvalue weighted by Gasteiger charge is 2.18. The zero-order valence-corrected chi connectivity index (χ0v) is 18.8. The molecule has 3 heteroatoms. The Morgan fingerprint density at radius 2 is 1.73 bits per heavy atom. The molecule has 0 amide bonds. The smallest absolute Gasteiger partial charge is 0.256 e. The normalized spacial score (nSPS) is 11.4. The number of hydrogen-bond acceptors (Lipinski definition) is 2. The van der Waals surface area contributed by atoms with E-state index in [1.54, 1.807) is 0 Å². The zero-order chi connectivity index (χ0) is 21.4. The van der Waals surface area contributed by atoms with E-state index in [9.17, 15) is 0 Å². The lowest BCUT2D eigenvalue weighted by Crippen LogP contribution is -2.32. The van der Waals surface area contributed by atoms with Crippen LogP contribution in [0.1, 0.15) is 36.1 Å². The Labute approximate surface area is 179 Å². The number of hydrogen-bond donors (Lipinski definition) is 0. The number of fused-ring (bicyclic) bond motifs is 1. The monoisotopic (exact) mass is 396 g/mol. The van der Waals surface area contributed by atoms with Crippen LogP contribution in [-0.4, -0.2) is 9.97 Å². The third kappa shape index (κ3) is 3.85. The molecule has 0 fully saturated rings. The number of pyridine rings is 1. The Balaban J connectivity index is 1.88. The number of rotatable bonds is 4. The van der Waals surface area contributed by atoms with Crippen molar-refractivity contribution in [1.29, 1.82) is 0 Å². The molecule has 2 aromatic carbocycles. The number of nitrogens with zero attached hydrogens (tertiary/aromatic N) is 3. The molecule has 4 rings (SSSR count). The second kappa shape index (κ2) is 7.98. The highest BCUT2D eigenvalue weighted by atomic mass is 15.0. The van der Waals surface area contributed by atoms with Gasteiger partial charge in [0.1, 0.15) is 5.69 Å². The molecule has 0 spiro atoms. The van der Waals surface area contributed by atoms with E-state index >= 15 is 0 Å². The maximum atomic E-state index is 4.75. The van der Waals surface area contributed by atoms with Gasteiger partial charge in [-0.15, -0.1) is 0 Å². The molecule has 0 radical (unpaired) electrons. The second-order valence-corrected chi connectivity index (χ2v) is 8.84. The lowest BCUT2D eigenvalue weighted by atomic mass is 9.94. The average Bonchev–Trinajstić information content (AvgIpc) is 2.71. The molecular weight excluding hydrogens is 366 g/mol. The van der Waals surface area contributed by atoms with Crippen LogP contribution in [0.15, 0.2) is 55.0 Å². The molecule has 152 valence electrons. The van der Waals surface area contributed by atoms with Gasteiger partial charge in [0.25, 0.3) is 6.33 Å². The van der Waals surface area contributed by atoms with Gasteiger partial charge in [-0.1, -0.05) is 31.5 Å². The minimum Gasteiger partial charge on any atom is -0.256 e. The van der Waals surface area contributed by atoms with Crippen LogP contribution in [0.25, 0.3) is 33.4 Å². The fourth-order valence-corrected chi connectivity index (χ4v) is 4.20. The number of benzene rings is 2. The Bertz CT molecular complexity index is 1220. The lowest BCUT2D eigenvalue weighted by Gasteiger charge is -2.13. The molecule has 0 aliphatic heterocycles. The molecular formula is C27H30N3+. The largest absolute Gasteiger partial charge is 0.287 e. The van der Waals surface area contributed by atoms with E-state index in [0.29, 0.717) is 5.92 Å². The van der Waals surface area contributed by atoms with Crippen molar-refractivity contribution in [2.45, 2.75) is 41.0 Å². The molecule has 0 N–H and O–H groups in total. The van der Waals surface area contributed by atoms with Gasteiger partial charge in [0, 0.05) is 17.3 Å². The molecule has 0 saturated heterocycles. The van der Waals surface area contributed by atoms with E-state index in [2.05, 4.69) is 93.7 Å². The molecule has 0 bridgehead atoms. The van der Waals surface area contributed by atoms with Crippen LogP contribution in [0.4, 0.5) is 0 Å². The van der Waals surface area contributed by atoms with Gasteiger partial charge < -0.3 is 0 Å². The van der Waals surface area contributed by atoms with Crippen LogP contribution in [0.5, 0.6) is 0 Å². The quantitative estimate of drug-likeness (QED) is 0.401. The van der Waals surface area contributed by atoms with E-state index in [1.807, 2.05) is 12.5 Å². The van der Waals surface area contributed by atoms with E-state index in [4.69, 9.17) is 4.98 Å². The van der Waals surface area contributed by atoms with Crippen molar-refractivity contribution < 1.29 is 4.57 Å². The fraction of sp³-hybridized carbons (Fsp3) is 0.296. The Morgan fingerprint density at radius 3 is 2.43 bits per heavy atom. The molecule has 2 aromatic heterocycles. The van der Waals surface area contributed by atoms with Crippen molar-refractivity contribution >= 4 is 10.9 Å². The third-order valence-electron chi connectivity index (χ3n) is 5.81. The van der Waals surface area contributed by atoms with Gasteiger partial charge in [0.05, 0.1) is 18.1 Å². The van der Waals surface area contributed by atoms with E-state index in [0.717, 1.165) is 28.6 Å². The first-order valence-electron chi connectivity index (χ1n) is 10.7. The first-order valence-corrected chi connectivity index (χ1v) is 10.7. The van der Waals surface area contributed by atoms with Crippen molar-refractivity contribution in [3.05, 3.63) is 77.2 Å². The summed E-state index contributed by atoms with van der Waals surface area (Å²) in [5.74, 6) is 0.632. The summed E-state index contributed by atoms with van der Waals surface area (Å²) in [5, 5.41) is 1.15. The summed E-state index contributed by atoms with van der Waals surface area (Å²) < 4.78 is 2.13. The summed E-state index contributed by atoms with van der Waals surface area (Å²) in [7, 11) is 2.07. The van der Waals surface area contributed by atoms with Gasteiger partial charge in [0.15, 0.2) is 5.52 Å². The molecule has 30 heavy (non-hydrogen) atoms. The van der Waals surface area contributed by atoms with Gasteiger partial charge in [-0.25, -0.2) is 4.57 Å². The van der Waals surface area contributed by atoms with Crippen molar-refractivity contribution in [3.8, 4) is 22.5 Å². The topological polar surface area (TPSA) is 29.7 Å². The van der Waals surface area contributed by atoms with E-state index in [-0.39, 0.29) is 0 Å². The molecule has 2 heterocycles. The third-order valence-corrected chi connectivity index (χ3v) is 5.81. The molecule has 0 atom stereocenters. The summed E-state index contributed by atoms with van der Waals surface area (Å²) in [5.41, 5.74) is 10.8. The van der Waals surface area contributed by atoms with E-state index < -0.39 is 0 Å². The molecule has 0 aliphatic rings. The van der Waals surface area contributed by atoms with Gasteiger partial charge in [0.2, 0.25) is 0 Å². The summed E-state index contributed by atoms with van der Waals surface area (Å²) in [6.07, 6.45) is 4.98. The molecule has 4 aromatic rings. The molecule has 0 aliphatic carbocycles. The Morgan fingerprint density at radius 1 is 0.933 bits per heavy atom.